The summed E-state index contributed by atoms with van der Waals surface area (Å²) in [5.74, 6) is -0.313. The number of amides is 2. The molecule has 4 N–H and O–H groups in total. The maximum Gasteiger partial charge on any atom is 0.251 e. The maximum atomic E-state index is 12.2. The lowest BCUT2D eigenvalue weighted by Gasteiger charge is -2.23. The molecule has 2 atom stereocenters. The Balaban J connectivity index is 2.70. The van der Waals surface area contributed by atoms with Crippen molar-refractivity contribution in [1.82, 2.24) is 10.6 Å². The average Bonchev–Trinajstić information content (AvgIpc) is 2.52. The van der Waals surface area contributed by atoms with E-state index in [0.29, 0.717) is 18.7 Å². The van der Waals surface area contributed by atoms with Crippen LogP contribution in [0, 0.1) is 5.92 Å². The minimum absolute atomic E-state index is 0.0653. The number of carbonyl (C=O) groups is 2. The van der Waals surface area contributed by atoms with Gasteiger partial charge in [0.1, 0.15) is 6.04 Å². The second-order valence-corrected chi connectivity index (χ2v) is 5.14. The van der Waals surface area contributed by atoms with Gasteiger partial charge in [-0.1, -0.05) is 38.5 Å². The molecule has 0 aliphatic rings. The summed E-state index contributed by atoms with van der Waals surface area (Å²) in [6, 6.07) is 8.39. The third kappa shape index (κ3) is 5.55. The van der Waals surface area contributed by atoms with E-state index in [1.165, 1.54) is 0 Å². The van der Waals surface area contributed by atoms with E-state index >= 15 is 0 Å². The lowest BCUT2D eigenvalue weighted by molar-refractivity contribution is -0.124. The lowest BCUT2D eigenvalue weighted by Crippen LogP contribution is -2.50. The lowest BCUT2D eigenvalue weighted by atomic mass is 9.98. The van der Waals surface area contributed by atoms with Crippen molar-refractivity contribution < 1.29 is 9.59 Å². The fourth-order valence-corrected chi connectivity index (χ4v) is 1.94. The molecule has 1 rings (SSSR count). The Hall–Kier alpha value is -1.88. The van der Waals surface area contributed by atoms with Gasteiger partial charge in [0.25, 0.3) is 5.91 Å². The van der Waals surface area contributed by atoms with Crippen molar-refractivity contribution in [1.29, 1.82) is 0 Å². The second-order valence-electron chi connectivity index (χ2n) is 5.14. The van der Waals surface area contributed by atoms with Gasteiger partial charge in [-0.3, -0.25) is 9.59 Å². The van der Waals surface area contributed by atoms with Crippen LogP contribution in [-0.4, -0.2) is 30.9 Å². The van der Waals surface area contributed by atoms with Crippen LogP contribution in [0.4, 0.5) is 0 Å². The number of nitrogens with one attached hydrogen (secondary N) is 2. The Labute approximate surface area is 126 Å². The van der Waals surface area contributed by atoms with Crippen LogP contribution in [0.15, 0.2) is 30.3 Å². The van der Waals surface area contributed by atoms with Crippen molar-refractivity contribution >= 4 is 11.8 Å². The van der Waals surface area contributed by atoms with E-state index in [1.807, 2.05) is 19.9 Å². The fourth-order valence-electron chi connectivity index (χ4n) is 1.94. The molecule has 2 amide bonds. The Kier molecular flexibility index (Phi) is 7.46. The number of carbonyl (C=O) groups excluding carboxylic acids is 2. The van der Waals surface area contributed by atoms with Crippen molar-refractivity contribution in [3.8, 4) is 0 Å². The number of rotatable bonds is 8. The molecule has 0 aliphatic heterocycles. The van der Waals surface area contributed by atoms with Crippen LogP contribution in [0.2, 0.25) is 0 Å². The minimum atomic E-state index is -0.527. The first-order valence-electron chi connectivity index (χ1n) is 7.43. The molecule has 1 aromatic carbocycles. The van der Waals surface area contributed by atoms with Crippen molar-refractivity contribution in [2.75, 3.05) is 13.1 Å². The van der Waals surface area contributed by atoms with Gasteiger partial charge in [-0.25, -0.2) is 0 Å². The normalized spacial score (nSPS) is 13.3. The first-order valence-corrected chi connectivity index (χ1v) is 7.43. The topological polar surface area (TPSA) is 84.2 Å². The maximum absolute atomic E-state index is 12.2. The smallest absolute Gasteiger partial charge is 0.251 e. The molecule has 0 saturated carbocycles. The largest absolute Gasteiger partial charge is 0.354 e. The third-order valence-corrected chi connectivity index (χ3v) is 3.50. The van der Waals surface area contributed by atoms with Gasteiger partial charge in [-0.15, -0.1) is 0 Å². The van der Waals surface area contributed by atoms with E-state index in [2.05, 4.69) is 10.6 Å². The molecule has 0 bridgehead atoms. The zero-order valence-corrected chi connectivity index (χ0v) is 12.8. The van der Waals surface area contributed by atoms with Gasteiger partial charge in [0.05, 0.1) is 0 Å². The van der Waals surface area contributed by atoms with E-state index < -0.39 is 6.04 Å². The van der Waals surface area contributed by atoms with Gasteiger partial charge in [0.2, 0.25) is 5.91 Å². The molecule has 5 heteroatoms. The van der Waals surface area contributed by atoms with Gasteiger partial charge < -0.3 is 16.4 Å². The molecule has 2 unspecified atom stereocenters. The zero-order chi connectivity index (χ0) is 15.7. The highest BCUT2D eigenvalue weighted by Crippen LogP contribution is 2.09. The third-order valence-electron chi connectivity index (χ3n) is 3.50. The molecule has 0 aromatic heterocycles. The number of benzene rings is 1. The Bertz CT molecular complexity index is 448. The van der Waals surface area contributed by atoms with Crippen LogP contribution in [0.3, 0.4) is 0 Å². The van der Waals surface area contributed by atoms with Gasteiger partial charge in [-0.2, -0.15) is 0 Å². The van der Waals surface area contributed by atoms with Crippen LogP contribution >= 0.6 is 0 Å². The van der Waals surface area contributed by atoms with Crippen LogP contribution in [-0.2, 0) is 4.79 Å². The molecule has 0 heterocycles. The first-order chi connectivity index (χ1) is 10.1. The van der Waals surface area contributed by atoms with E-state index in [0.717, 1.165) is 12.8 Å². The van der Waals surface area contributed by atoms with Crippen molar-refractivity contribution in [3.63, 3.8) is 0 Å². The SMILES string of the molecule is CCC(C)C(NC(=O)c1ccccc1)C(=O)NCCCN. The van der Waals surface area contributed by atoms with Crippen LogP contribution in [0.5, 0.6) is 0 Å². The zero-order valence-electron chi connectivity index (χ0n) is 12.8. The Morgan fingerprint density at radius 1 is 1.24 bits per heavy atom. The summed E-state index contributed by atoms with van der Waals surface area (Å²) in [4.78, 5) is 24.4. The average molecular weight is 291 g/mol. The molecule has 0 saturated heterocycles. The molecule has 0 spiro atoms. The molecule has 5 nitrogen and oxygen atoms in total. The highest BCUT2D eigenvalue weighted by atomic mass is 16.2. The standard InChI is InChI=1S/C16H25N3O2/c1-3-12(2)14(16(21)18-11-7-10-17)19-15(20)13-8-5-4-6-9-13/h4-6,8-9,12,14H,3,7,10-11,17H2,1-2H3,(H,18,21)(H,19,20). The highest BCUT2D eigenvalue weighted by Gasteiger charge is 2.25. The predicted octanol–water partition coefficient (Wildman–Crippen LogP) is 1.30. The van der Waals surface area contributed by atoms with Gasteiger partial charge in [-0.05, 0) is 31.0 Å². The Morgan fingerprint density at radius 2 is 1.90 bits per heavy atom. The summed E-state index contributed by atoms with van der Waals surface area (Å²) in [6.07, 6.45) is 1.54. The van der Waals surface area contributed by atoms with E-state index in [4.69, 9.17) is 5.73 Å². The minimum Gasteiger partial charge on any atom is -0.354 e. The molecule has 0 radical (unpaired) electrons. The summed E-state index contributed by atoms with van der Waals surface area (Å²) < 4.78 is 0. The molecule has 0 fully saturated rings. The molecule has 0 aliphatic carbocycles. The first kappa shape index (κ1) is 17.2. The van der Waals surface area contributed by atoms with Gasteiger partial charge in [0, 0.05) is 12.1 Å². The highest BCUT2D eigenvalue weighted by molar-refractivity contribution is 5.97. The summed E-state index contributed by atoms with van der Waals surface area (Å²) in [7, 11) is 0. The number of hydrogen-bond acceptors (Lipinski definition) is 3. The number of hydrogen-bond donors (Lipinski definition) is 3. The summed E-state index contributed by atoms with van der Waals surface area (Å²) in [5, 5.41) is 5.65. The predicted molar refractivity (Wildman–Crippen MR) is 83.8 cm³/mol. The molecule has 21 heavy (non-hydrogen) atoms. The van der Waals surface area contributed by atoms with Crippen molar-refractivity contribution in [2.24, 2.45) is 11.7 Å². The van der Waals surface area contributed by atoms with E-state index in [9.17, 15) is 9.59 Å². The van der Waals surface area contributed by atoms with Crippen LogP contribution < -0.4 is 16.4 Å². The van der Waals surface area contributed by atoms with Crippen molar-refractivity contribution in [2.45, 2.75) is 32.7 Å². The summed E-state index contributed by atoms with van der Waals surface area (Å²) in [6.45, 7) is 5.02. The van der Waals surface area contributed by atoms with Crippen LogP contribution in [0.25, 0.3) is 0 Å². The molecular formula is C16H25N3O2. The second kappa shape index (κ2) is 9.13. The molecule has 1 aromatic rings. The van der Waals surface area contributed by atoms with Gasteiger partial charge >= 0.3 is 0 Å². The molecular weight excluding hydrogens is 266 g/mol. The van der Waals surface area contributed by atoms with E-state index in [1.54, 1.807) is 24.3 Å². The van der Waals surface area contributed by atoms with Crippen LogP contribution in [0.1, 0.15) is 37.0 Å². The van der Waals surface area contributed by atoms with E-state index in [-0.39, 0.29) is 17.7 Å². The Morgan fingerprint density at radius 3 is 2.48 bits per heavy atom. The number of nitrogens with two attached hydrogens (primary N) is 1. The summed E-state index contributed by atoms with van der Waals surface area (Å²) >= 11 is 0. The summed E-state index contributed by atoms with van der Waals surface area (Å²) in [5.41, 5.74) is 5.97. The van der Waals surface area contributed by atoms with Gasteiger partial charge in [0.15, 0.2) is 0 Å². The monoisotopic (exact) mass is 291 g/mol. The van der Waals surface area contributed by atoms with Crippen molar-refractivity contribution in [3.05, 3.63) is 35.9 Å². The quantitative estimate of drug-likeness (QED) is 0.631. The fraction of sp³-hybridized carbons (Fsp3) is 0.500. The molecule has 116 valence electrons.